The molecule has 0 bridgehead atoms. The number of carbonyl (C=O) groups is 3. The van der Waals surface area contributed by atoms with Crippen LogP contribution < -0.4 is 15.5 Å². The second-order valence-electron chi connectivity index (χ2n) is 12.2. The van der Waals surface area contributed by atoms with Crippen LogP contribution in [0, 0.1) is 12.8 Å². The number of fused-ring (bicyclic) bond motifs is 1. The Hall–Kier alpha value is -5.01. The number of urea groups is 1. The number of anilines is 3. The first-order valence-corrected chi connectivity index (χ1v) is 15.0. The van der Waals surface area contributed by atoms with Gasteiger partial charge >= 0.3 is 6.03 Å². The fourth-order valence-corrected chi connectivity index (χ4v) is 5.70. The van der Waals surface area contributed by atoms with Crippen molar-refractivity contribution in [3.63, 3.8) is 0 Å². The summed E-state index contributed by atoms with van der Waals surface area (Å²) in [5, 5.41) is 6.14. The third-order valence-electron chi connectivity index (χ3n) is 8.66. The summed E-state index contributed by atoms with van der Waals surface area (Å²) < 4.78 is 1.93. The van der Waals surface area contributed by atoms with Gasteiger partial charge in [-0.3, -0.25) is 24.7 Å². The minimum Gasteiger partial charge on any atom is -0.348 e. The number of imidazole rings is 1. The van der Waals surface area contributed by atoms with Gasteiger partial charge in [-0.25, -0.2) is 19.7 Å². The van der Waals surface area contributed by atoms with E-state index in [1.165, 1.54) is 11.9 Å². The highest BCUT2D eigenvalue weighted by atomic mass is 16.2. The number of hydrogen-bond donors (Lipinski definition) is 2. The van der Waals surface area contributed by atoms with Crippen molar-refractivity contribution in [2.24, 2.45) is 5.92 Å². The summed E-state index contributed by atoms with van der Waals surface area (Å²) in [4.78, 5) is 68.1. The molecule has 4 aliphatic rings. The molecule has 14 nitrogen and oxygen atoms in total. The van der Waals surface area contributed by atoms with E-state index in [9.17, 15) is 14.4 Å². The Bertz CT molecular complexity index is 1850. The molecule has 4 aromatic rings. The van der Waals surface area contributed by atoms with Crippen molar-refractivity contribution < 1.29 is 14.4 Å². The predicted molar refractivity (Wildman–Crippen MR) is 158 cm³/mol. The van der Waals surface area contributed by atoms with E-state index < -0.39 is 0 Å². The van der Waals surface area contributed by atoms with Crippen LogP contribution in [0.4, 0.5) is 22.4 Å². The van der Waals surface area contributed by atoms with Gasteiger partial charge in [0.1, 0.15) is 18.2 Å². The molecular weight excluding hydrogens is 562 g/mol. The molecule has 3 aliphatic carbocycles. The number of carbonyl (C=O) groups excluding carboxylic acids is 3. The van der Waals surface area contributed by atoms with Gasteiger partial charge in [0.2, 0.25) is 23.7 Å². The molecule has 5 heterocycles. The summed E-state index contributed by atoms with van der Waals surface area (Å²) in [7, 11) is 1.50. The quantitative estimate of drug-likeness (QED) is 0.276. The number of likely N-dealkylation sites (N-methyl/N-ethyl adjacent to an activating group) is 1. The molecule has 1 aliphatic heterocycles. The Morgan fingerprint density at radius 3 is 2.50 bits per heavy atom. The van der Waals surface area contributed by atoms with Crippen molar-refractivity contribution in [1.82, 2.24) is 39.2 Å². The molecule has 4 fully saturated rings. The van der Waals surface area contributed by atoms with Crippen LogP contribution in [0.2, 0.25) is 0 Å². The maximum absolute atomic E-state index is 13.1. The number of rotatable bonds is 9. The van der Waals surface area contributed by atoms with E-state index in [0.717, 1.165) is 41.8 Å². The zero-order valence-electron chi connectivity index (χ0n) is 24.4. The molecule has 8 rings (SSSR count). The summed E-state index contributed by atoms with van der Waals surface area (Å²) in [6, 6.07) is 3.47. The highest BCUT2D eigenvalue weighted by molar-refractivity contribution is 6.13. The third-order valence-corrected chi connectivity index (χ3v) is 8.66. The zero-order chi connectivity index (χ0) is 30.1. The average Bonchev–Trinajstić information content (AvgIpc) is 3.89. The number of hydrogen-bond acceptors (Lipinski definition) is 10. The van der Waals surface area contributed by atoms with Gasteiger partial charge in [-0.15, -0.1) is 0 Å². The van der Waals surface area contributed by atoms with Crippen LogP contribution in [0.25, 0.3) is 5.65 Å². The van der Waals surface area contributed by atoms with E-state index in [0.29, 0.717) is 53.5 Å². The number of aromatic nitrogens is 7. The number of pyridine rings is 1. The Morgan fingerprint density at radius 1 is 0.977 bits per heavy atom. The molecule has 14 heteroatoms. The second kappa shape index (κ2) is 10.0. The van der Waals surface area contributed by atoms with Gasteiger partial charge in [0.05, 0.1) is 17.9 Å². The molecule has 0 aromatic carbocycles. The Labute approximate surface area is 252 Å². The van der Waals surface area contributed by atoms with E-state index in [-0.39, 0.29) is 48.1 Å². The molecule has 224 valence electrons. The lowest BCUT2D eigenvalue weighted by Crippen LogP contribution is -2.30. The van der Waals surface area contributed by atoms with Crippen molar-refractivity contribution in [1.29, 1.82) is 0 Å². The summed E-state index contributed by atoms with van der Waals surface area (Å²) in [5.74, 6) is 1.98. The maximum atomic E-state index is 13.1. The van der Waals surface area contributed by atoms with Crippen molar-refractivity contribution in [3.05, 3.63) is 59.3 Å². The van der Waals surface area contributed by atoms with E-state index in [1.807, 2.05) is 35.9 Å². The van der Waals surface area contributed by atoms with E-state index in [1.54, 1.807) is 6.20 Å². The van der Waals surface area contributed by atoms with E-state index >= 15 is 0 Å². The standard InChI is InChI=1S/C30H31N11O3/c1-15-7-8-31-25(33-15)20-10-21(20)27(43)37-29-36-24(17-5-6-17)35-28(38-29)32-11-19-13-40-12-18(16-3-4-16)9-22(26(40)34-19)41-14-23(42)39(2)30(41)44/h7-9,12-13,16-17,20-21H,3-6,10-11,14H2,1-2H3,(H2,32,35,36,37,38,43)/t20-,21-/m0/s1. The minimum absolute atomic E-state index is 0.00743. The molecular formula is C30H31N11O3. The molecule has 0 radical (unpaired) electrons. The summed E-state index contributed by atoms with van der Waals surface area (Å²) >= 11 is 0. The van der Waals surface area contributed by atoms with Gasteiger partial charge < -0.3 is 9.72 Å². The first kappa shape index (κ1) is 26.6. The maximum Gasteiger partial charge on any atom is 0.331 e. The number of aryl methyl sites for hydroxylation is 1. The SMILES string of the molecule is Cc1ccnc([C@H]2C[C@@H]2C(=O)Nc2nc(NCc3cn4cc(C5CC5)cc(N5CC(=O)N(C)C5=O)c4n3)nc(C3CC3)n2)n1. The van der Waals surface area contributed by atoms with Crippen LogP contribution in [0.3, 0.4) is 0 Å². The molecule has 2 atom stereocenters. The van der Waals surface area contributed by atoms with Crippen molar-refractivity contribution in [2.75, 3.05) is 29.1 Å². The van der Waals surface area contributed by atoms with E-state index in [2.05, 4.69) is 35.6 Å². The Morgan fingerprint density at radius 2 is 1.77 bits per heavy atom. The summed E-state index contributed by atoms with van der Waals surface area (Å²) in [6.07, 6.45) is 10.6. The number of amides is 4. The summed E-state index contributed by atoms with van der Waals surface area (Å²) in [6.45, 7) is 2.21. The fourth-order valence-electron chi connectivity index (χ4n) is 5.70. The molecule has 0 unspecified atom stereocenters. The minimum atomic E-state index is -0.358. The average molecular weight is 594 g/mol. The second-order valence-corrected chi connectivity index (χ2v) is 12.2. The predicted octanol–water partition coefficient (Wildman–Crippen LogP) is 3.13. The number of nitrogens with one attached hydrogen (secondary N) is 2. The van der Waals surface area contributed by atoms with E-state index in [4.69, 9.17) is 4.98 Å². The van der Waals surface area contributed by atoms with Crippen molar-refractivity contribution in [2.45, 2.75) is 63.3 Å². The zero-order valence-corrected chi connectivity index (χ0v) is 24.4. The lowest BCUT2D eigenvalue weighted by atomic mass is 10.1. The third kappa shape index (κ3) is 4.99. The van der Waals surface area contributed by atoms with Gasteiger partial charge in [-0.2, -0.15) is 15.0 Å². The topological polar surface area (TPSA) is 164 Å². The lowest BCUT2D eigenvalue weighted by Gasteiger charge is -2.17. The first-order chi connectivity index (χ1) is 21.3. The van der Waals surface area contributed by atoms with Gasteiger partial charge in [0.15, 0.2) is 5.65 Å². The lowest BCUT2D eigenvalue weighted by molar-refractivity contribution is -0.124. The monoisotopic (exact) mass is 593 g/mol. The van der Waals surface area contributed by atoms with Crippen LogP contribution in [0.5, 0.6) is 0 Å². The van der Waals surface area contributed by atoms with Gasteiger partial charge in [-0.1, -0.05) is 0 Å². The Kier molecular flexibility index (Phi) is 6.06. The van der Waals surface area contributed by atoms with Gasteiger partial charge in [0.25, 0.3) is 0 Å². The molecule has 4 amide bonds. The van der Waals surface area contributed by atoms with Crippen molar-refractivity contribution in [3.8, 4) is 0 Å². The van der Waals surface area contributed by atoms with Crippen LogP contribution in [-0.4, -0.2) is 70.6 Å². The largest absolute Gasteiger partial charge is 0.348 e. The number of imide groups is 1. The first-order valence-electron chi connectivity index (χ1n) is 15.0. The van der Waals surface area contributed by atoms with Crippen LogP contribution in [0.15, 0.2) is 30.7 Å². The highest BCUT2D eigenvalue weighted by Gasteiger charge is 2.46. The molecule has 0 spiro atoms. The van der Waals surface area contributed by atoms with Crippen LogP contribution in [-0.2, 0) is 16.1 Å². The smallest absolute Gasteiger partial charge is 0.331 e. The van der Waals surface area contributed by atoms with Gasteiger partial charge in [0, 0.05) is 49.1 Å². The molecule has 3 saturated carbocycles. The molecule has 1 saturated heterocycles. The van der Waals surface area contributed by atoms with Gasteiger partial charge in [-0.05, 0) is 62.6 Å². The molecule has 44 heavy (non-hydrogen) atoms. The van der Waals surface area contributed by atoms with Crippen LogP contribution in [0.1, 0.15) is 78.5 Å². The fraction of sp³-hybridized carbons (Fsp3) is 0.433. The Balaban J connectivity index is 1.02. The summed E-state index contributed by atoms with van der Waals surface area (Å²) in [5.41, 5.74) is 3.93. The highest BCUT2D eigenvalue weighted by Crippen LogP contribution is 2.46. The van der Waals surface area contributed by atoms with Crippen molar-refractivity contribution >= 4 is 41.1 Å². The normalized spacial score (nSPS) is 21.3. The molecule has 2 N–H and O–H groups in total. The molecule has 4 aromatic heterocycles. The number of nitrogens with zero attached hydrogens (tertiary/aromatic N) is 9. The van der Waals surface area contributed by atoms with Crippen LogP contribution >= 0.6 is 0 Å².